The number of ketones is 1. The third kappa shape index (κ3) is 3.73. The lowest BCUT2D eigenvalue weighted by molar-refractivity contribution is -0.131. The third-order valence-electron chi connectivity index (χ3n) is 5.24. The van der Waals surface area contributed by atoms with Gasteiger partial charge in [-0.25, -0.2) is 0 Å². The monoisotopic (exact) mass is 389 g/mol. The molecule has 0 bridgehead atoms. The van der Waals surface area contributed by atoms with E-state index in [4.69, 9.17) is 14.5 Å². The van der Waals surface area contributed by atoms with E-state index in [-0.39, 0.29) is 11.2 Å². The van der Waals surface area contributed by atoms with Crippen LogP contribution < -0.4 is 9.47 Å². The molecule has 29 heavy (non-hydrogen) atoms. The van der Waals surface area contributed by atoms with Gasteiger partial charge in [-0.05, 0) is 59.0 Å². The molecule has 1 aromatic heterocycles. The molecule has 0 unspecified atom stereocenters. The largest absolute Gasteiger partial charge is 0.497 e. The molecule has 1 aliphatic carbocycles. The van der Waals surface area contributed by atoms with E-state index in [2.05, 4.69) is 13.8 Å². The molecule has 3 aromatic rings. The fourth-order valence-corrected chi connectivity index (χ4v) is 3.91. The van der Waals surface area contributed by atoms with Crippen LogP contribution in [0.1, 0.15) is 43.2 Å². The number of nitrogens with zero attached hydrogens (tertiary/aromatic N) is 1. The quantitative estimate of drug-likeness (QED) is 0.466. The minimum absolute atomic E-state index is 0.117. The first-order valence-electron chi connectivity index (χ1n) is 9.59. The van der Waals surface area contributed by atoms with Gasteiger partial charge in [-0.2, -0.15) is 0 Å². The summed E-state index contributed by atoms with van der Waals surface area (Å²) in [6.07, 6.45) is 1.26. The molecule has 1 heterocycles. The summed E-state index contributed by atoms with van der Waals surface area (Å²) in [7, 11) is 1.61. The van der Waals surface area contributed by atoms with Gasteiger partial charge in [-0.1, -0.05) is 19.9 Å². The van der Waals surface area contributed by atoms with E-state index in [9.17, 15) is 9.59 Å². The minimum Gasteiger partial charge on any atom is -0.497 e. The van der Waals surface area contributed by atoms with Crippen molar-refractivity contribution in [1.29, 1.82) is 0 Å². The number of carbonyl (C=O) groups is 2. The highest BCUT2D eigenvalue weighted by Crippen LogP contribution is 2.38. The van der Waals surface area contributed by atoms with Crippen LogP contribution in [0.2, 0.25) is 0 Å². The molecule has 0 spiro atoms. The Morgan fingerprint density at radius 3 is 2.52 bits per heavy atom. The highest BCUT2D eigenvalue weighted by Gasteiger charge is 2.32. The van der Waals surface area contributed by atoms with Gasteiger partial charge in [-0.15, -0.1) is 0 Å². The first kappa shape index (κ1) is 19.1. The summed E-state index contributed by atoms with van der Waals surface area (Å²) in [4.78, 5) is 29.0. The second-order valence-electron chi connectivity index (χ2n) is 8.29. The van der Waals surface area contributed by atoms with Gasteiger partial charge in [0, 0.05) is 24.5 Å². The van der Waals surface area contributed by atoms with Gasteiger partial charge in [-0.3, -0.25) is 14.6 Å². The Morgan fingerprint density at radius 1 is 1.00 bits per heavy atom. The molecule has 0 aliphatic heterocycles. The zero-order valence-electron chi connectivity index (χ0n) is 17.0. The van der Waals surface area contributed by atoms with Crippen molar-refractivity contribution in [1.82, 2.24) is 4.98 Å². The van der Waals surface area contributed by atoms with Crippen LogP contribution in [0.3, 0.4) is 0 Å². The molecule has 5 nitrogen and oxygen atoms in total. The summed E-state index contributed by atoms with van der Waals surface area (Å²) in [5, 5.41) is 1.88. The number of aromatic nitrogens is 1. The number of fused-ring (bicyclic) bond motifs is 2. The molecular weight excluding hydrogens is 366 g/mol. The van der Waals surface area contributed by atoms with Gasteiger partial charge in [0.25, 0.3) is 0 Å². The summed E-state index contributed by atoms with van der Waals surface area (Å²) in [6, 6.07) is 13.2. The normalized spacial score (nSPS) is 15.1. The van der Waals surface area contributed by atoms with E-state index >= 15 is 0 Å². The van der Waals surface area contributed by atoms with Gasteiger partial charge in [0.05, 0.1) is 18.5 Å². The van der Waals surface area contributed by atoms with Gasteiger partial charge >= 0.3 is 5.97 Å². The number of pyridine rings is 1. The lowest BCUT2D eigenvalue weighted by atomic mass is 9.75. The lowest BCUT2D eigenvalue weighted by Crippen LogP contribution is -2.27. The molecule has 2 aromatic carbocycles. The first-order chi connectivity index (χ1) is 13.8. The number of benzene rings is 2. The van der Waals surface area contributed by atoms with Gasteiger partial charge in [0.15, 0.2) is 5.78 Å². The number of hydrogen-bond acceptors (Lipinski definition) is 5. The van der Waals surface area contributed by atoms with Gasteiger partial charge in [0.1, 0.15) is 11.5 Å². The van der Waals surface area contributed by atoms with Crippen molar-refractivity contribution in [2.75, 3.05) is 7.11 Å². The zero-order valence-corrected chi connectivity index (χ0v) is 17.0. The molecule has 1 aliphatic rings. The van der Waals surface area contributed by atoms with E-state index in [1.165, 1.54) is 6.92 Å². The van der Waals surface area contributed by atoms with Crippen LogP contribution in [0.25, 0.3) is 22.0 Å². The number of esters is 1. The van der Waals surface area contributed by atoms with Crippen molar-refractivity contribution in [3.8, 4) is 22.8 Å². The van der Waals surface area contributed by atoms with E-state index < -0.39 is 5.97 Å². The maximum Gasteiger partial charge on any atom is 0.308 e. The summed E-state index contributed by atoms with van der Waals surface area (Å²) in [5.74, 6) is 0.891. The van der Waals surface area contributed by atoms with Crippen LogP contribution in [0.15, 0.2) is 42.5 Å². The molecule has 4 rings (SSSR count). The van der Waals surface area contributed by atoms with Crippen LogP contribution in [-0.2, 0) is 11.2 Å². The number of Topliss-reactive ketones (excluding diaryl/α,β-unsaturated/α-hetero) is 1. The van der Waals surface area contributed by atoms with Crippen molar-refractivity contribution in [2.24, 2.45) is 5.41 Å². The Hall–Kier alpha value is -3.21. The number of carbonyl (C=O) groups excluding carboxylic acids is 2. The maximum absolute atomic E-state index is 12.5. The molecule has 148 valence electrons. The van der Waals surface area contributed by atoms with Crippen molar-refractivity contribution in [2.45, 2.75) is 33.6 Å². The fourth-order valence-electron chi connectivity index (χ4n) is 3.91. The molecule has 0 saturated heterocycles. The van der Waals surface area contributed by atoms with E-state index in [1.54, 1.807) is 7.11 Å². The number of rotatable bonds is 3. The van der Waals surface area contributed by atoms with Crippen molar-refractivity contribution in [3.63, 3.8) is 0 Å². The Labute approximate surface area is 169 Å². The van der Waals surface area contributed by atoms with E-state index in [0.29, 0.717) is 23.4 Å². The standard InChI is InChI=1S/C24H23NO4/c1-14(26)29-23-11-16-9-17(28-4)6-5-15(16)10-19(23)20-8-7-18-21(25-20)12-24(2,3)13-22(18)27/h5-11H,12-13H2,1-4H3. The molecule has 0 N–H and O–H groups in total. The molecular formula is C24H23NO4. The Morgan fingerprint density at radius 2 is 1.79 bits per heavy atom. The SMILES string of the molecule is COc1ccc2cc(-c3ccc4c(n3)CC(C)(C)CC4=O)c(OC(C)=O)cc2c1. The zero-order chi connectivity index (χ0) is 20.8. The maximum atomic E-state index is 12.5. The topological polar surface area (TPSA) is 65.5 Å². The Balaban J connectivity index is 1.88. The van der Waals surface area contributed by atoms with Crippen molar-refractivity contribution < 1.29 is 19.1 Å². The first-order valence-corrected chi connectivity index (χ1v) is 9.59. The minimum atomic E-state index is -0.400. The Bertz CT molecular complexity index is 1150. The average Bonchev–Trinajstić information content (AvgIpc) is 2.65. The highest BCUT2D eigenvalue weighted by molar-refractivity contribution is 5.99. The van der Waals surface area contributed by atoms with E-state index in [1.807, 2.05) is 42.5 Å². The number of hydrogen-bond donors (Lipinski definition) is 0. The molecule has 0 radical (unpaired) electrons. The lowest BCUT2D eigenvalue weighted by Gasteiger charge is -2.29. The molecule has 0 saturated carbocycles. The molecule has 0 amide bonds. The second-order valence-corrected chi connectivity index (χ2v) is 8.29. The number of methoxy groups -OCH3 is 1. The van der Waals surface area contributed by atoms with Crippen LogP contribution in [0, 0.1) is 5.41 Å². The van der Waals surface area contributed by atoms with Crippen LogP contribution >= 0.6 is 0 Å². The van der Waals surface area contributed by atoms with Crippen molar-refractivity contribution in [3.05, 3.63) is 53.7 Å². The predicted molar refractivity (Wildman–Crippen MR) is 111 cm³/mol. The average molecular weight is 389 g/mol. The molecule has 5 heteroatoms. The number of ether oxygens (including phenoxy) is 2. The smallest absolute Gasteiger partial charge is 0.308 e. The fraction of sp³-hybridized carbons (Fsp3) is 0.292. The summed E-state index contributed by atoms with van der Waals surface area (Å²) in [5.41, 5.74) is 2.77. The van der Waals surface area contributed by atoms with E-state index in [0.717, 1.165) is 34.2 Å². The van der Waals surface area contributed by atoms with Crippen LogP contribution in [0.4, 0.5) is 0 Å². The van der Waals surface area contributed by atoms with Gasteiger partial charge < -0.3 is 9.47 Å². The Kier molecular flexibility index (Phi) is 4.61. The molecule has 0 atom stereocenters. The summed E-state index contributed by atoms with van der Waals surface area (Å²) >= 11 is 0. The van der Waals surface area contributed by atoms with Gasteiger partial charge in [0.2, 0.25) is 0 Å². The highest BCUT2D eigenvalue weighted by atomic mass is 16.5. The van der Waals surface area contributed by atoms with Crippen molar-refractivity contribution >= 4 is 22.5 Å². The summed E-state index contributed by atoms with van der Waals surface area (Å²) < 4.78 is 10.8. The third-order valence-corrected chi connectivity index (χ3v) is 5.24. The molecule has 0 fully saturated rings. The van der Waals surface area contributed by atoms with Crippen LogP contribution in [0.5, 0.6) is 11.5 Å². The predicted octanol–water partition coefficient (Wildman–Crippen LogP) is 4.99. The second kappa shape index (κ2) is 6.99. The van der Waals surface area contributed by atoms with Crippen LogP contribution in [-0.4, -0.2) is 23.8 Å². The summed E-state index contributed by atoms with van der Waals surface area (Å²) in [6.45, 7) is 5.53.